The molecule has 4 rings (SSSR count). The van der Waals surface area contributed by atoms with E-state index in [1.807, 2.05) is 79.4 Å². The number of fused-ring (bicyclic) bond motifs is 1. The minimum Gasteiger partial charge on any atom is -0.497 e. The molecule has 0 N–H and O–H groups in total. The minimum absolute atomic E-state index is 0.0113. The number of ether oxygens (including phenoxy) is 1. The van der Waals surface area contributed by atoms with Crippen molar-refractivity contribution in [1.82, 2.24) is 9.47 Å². The molecule has 162 valence electrons. The summed E-state index contributed by atoms with van der Waals surface area (Å²) in [6.45, 7) is 4.50. The summed E-state index contributed by atoms with van der Waals surface area (Å²) in [5.41, 5.74) is 2.07. The Kier molecular flexibility index (Phi) is 6.08. The van der Waals surface area contributed by atoms with Crippen molar-refractivity contribution in [2.24, 2.45) is 0 Å². The number of hydrogen-bond acceptors (Lipinski definition) is 3. The van der Waals surface area contributed by atoms with Gasteiger partial charge in [-0.15, -0.1) is 0 Å². The molecule has 0 unspecified atom stereocenters. The van der Waals surface area contributed by atoms with Crippen LogP contribution in [-0.4, -0.2) is 28.5 Å². The van der Waals surface area contributed by atoms with Crippen molar-refractivity contribution in [3.05, 3.63) is 107 Å². The Morgan fingerprint density at radius 3 is 2.16 bits per heavy atom. The first-order valence-electron chi connectivity index (χ1n) is 10.6. The second-order valence-corrected chi connectivity index (χ2v) is 7.97. The van der Waals surface area contributed by atoms with E-state index in [4.69, 9.17) is 4.74 Å². The number of aromatic nitrogens is 1. The molecule has 0 radical (unpaired) electrons. The monoisotopic (exact) mass is 426 g/mol. The molecule has 0 aliphatic heterocycles. The number of pyridine rings is 1. The molecule has 0 spiro atoms. The summed E-state index contributed by atoms with van der Waals surface area (Å²) < 4.78 is 6.77. The molecule has 0 fully saturated rings. The zero-order chi connectivity index (χ0) is 22.7. The molecule has 0 bridgehead atoms. The molecule has 3 aromatic carbocycles. The number of hydrogen-bond donors (Lipinski definition) is 0. The number of carbonyl (C=O) groups excluding carboxylic acids is 1. The van der Waals surface area contributed by atoms with Gasteiger partial charge in [-0.25, -0.2) is 0 Å². The van der Waals surface area contributed by atoms with E-state index >= 15 is 0 Å². The van der Waals surface area contributed by atoms with Crippen molar-refractivity contribution in [2.45, 2.75) is 26.4 Å². The summed E-state index contributed by atoms with van der Waals surface area (Å²) in [4.78, 5) is 28.9. The maximum absolute atomic E-state index is 13.8. The summed E-state index contributed by atoms with van der Waals surface area (Å²) in [5, 5.41) is 1.17. The molecule has 4 aromatic rings. The maximum atomic E-state index is 13.8. The molecular weight excluding hydrogens is 400 g/mol. The quantitative estimate of drug-likeness (QED) is 0.434. The van der Waals surface area contributed by atoms with E-state index in [-0.39, 0.29) is 17.5 Å². The van der Waals surface area contributed by atoms with Crippen LogP contribution in [0.25, 0.3) is 16.5 Å². The van der Waals surface area contributed by atoms with Crippen LogP contribution in [0, 0.1) is 0 Å². The van der Waals surface area contributed by atoms with Crippen molar-refractivity contribution in [3.8, 4) is 11.4 Å². The summed E-state index contributed by atoms with van der Waals surface area (Å²) in [7, 11) is 1.60. The number of amides is 1. The second kappa shape index (κ2) is 9.10. The number of carbonyl (C=O) groups is 1. The normalized spacial score (nSPS) is 11.0. The fourth-order valence-electron chi connectivity index (χ4n) is 3.82. The summed E-state index contributed by atoms with van der Waals surface area (Å²) in [6.07, 6.45) is 1.66. The van der Waals surface area contributed by atoms with Gasteiger partial charge in [0.1, 0.15) is 5.75 Å². The average Bonchev–Trinajstić information content (AvgIpc) is 2.83. The van der Waals surface area contributed by atoms with Crippen molar-refractivity contribution >= 4 is 16.7 Å². The molecule has 1 heterocycles. The highest BCUT2D eigenvalue weighted by Crippen LogP contribution is 2.22. The van der Waals surface area contributed by atoms with E-state index < -0.39 is 0 Å². The lowest BCUT2D eigenvalue weighted by atomic mass is 10.0. The molecule has 0 saturated carbocycles. The van der Waals surface area contributed by atoms with Crippen LogP contribution < -0.4 is 10.3 Å². The Balaban J connectivity index is 1.85. The number of nitrogens with zero attached hydrogens (tertiary/aromatic N) is 2. The van der Waals surface area contributed by atoms with Crippen LogP contribution in [0.3, 0.4) is 0 Å². The molecule has 32 heavy (non-hydrogen) atoms. The lowest BCUT2D eigenvalue weighted by molar-refractivity contribution is 0.0691. The molecular formula is C27H26N2O3. The van der Waals surface area contributed by atoms with Crippen LogP contribution >= 0.6 is 0 Å². The van der Waals surface area contributed by atoms with Gasteiger partial charge in [-0.2, -0.15) is 0 Å². The molecule has 1 amide bonds. The second-order valence-electron chi connectivity index (χ2n) is 7.97. The SMILES string of the molecule is COc1ccc(-n2cc(C(=O)N(Cc3ccccc3)C(C)C)c3ccccc3c2=O)cc1. The van der Waals surface area contributed by atoms with Gasteiger partial charge in [-0.3, -0.25) is 14.2 Å². The minimum atomic E-state index is -0.165. The van der Waals surface area contributed by atoms with Crippen molar-refractivity contribution in [1.29, 1.82) is 0 Å². The molecule has 5 heteroatoms. The van der Waals surface area contributed by atoms with E-state index in [0.29, 0.717) is 34.3 Å². The van der Waals surface area contributed by atoms with Crippen molar-refractivity contribution in [2.75, 3.05) is 7.11 Å². The topological polar surface area (TPSA) is 51.5 Å². The van der Waals surface area contributed by atoms with Crippen LogP contribution in [0.15, 0.2) is 89.9 Å². The Bertz CT molecular complexity index is 1290. The predicted molar refractivity (Wildman–Crippen MR) is 128 cm³/mol. The number of rotatable bonds is 6. The van der Waals surface area contributed by atoms with E-state index in [1.165, 1.54) is 4.57 Å². The first-order chi connectivity index (χ1) is 15.5. The molecule has 0 aliphatic carbocycles. The first-order valence-corrected chi connectivity index (χ1v) is 10.6. The average molecular weight is 427 g/mol. The standard InChI is InChI=1S/C27H26N2O3/c1-19(2)28(17-20-9-5-4-6-10-20)27(31)25-18-29(21-13-15-22(32-3)16-14-21)26(30)24-12-8-7-11-23(24)25/h4-16,18-19H,17H2,1-3H3. The molecule has 5 nitrogen and oxygen atoms in total. The van der Waals surface area contributed by atoms with Crippen LogP contribution in [0.4, 0.5) is 0 Å². The Hall–Kier alpha value is -3.86. The lowest BCUT2D eigenvalue weighted by Gasteiger charge is -2.28. The smallest absolute Gasteiger partial charge is 0.262 e. The van der Waals surface area contributed by atoms with Gasteiger partial charge in [0.05, 0.1) is 12.7 Å². The van der Waals surface area contributed by atoms with Gasteiger partial charge in [0, 0.05) is 35.2 Å². The number of methoxy groups -OCH3 is 1. The van der Waals surface area contributed by atoms with Crippen LogP contribution in [0.2, 0.25) is 0 Å². The fraction of sp³-hybridized carbons (Fsp3) is 0.185. The summed E-state index contributed by atoms with van der Waals surface area (Å²) in [5.74, 6) is 0.593. The molecule has 0 atom stereocenters. The first kappa shape index (κ1) is 21.4. The number of benzene rings is 3. The van der Waals surface area contributed by atoms with Crippen molar-refractivity contribution < 1.29 is 9.53 Å². The van der Waals surface area contributed by atoms with Gasteiger partial charge in [0.2, 0.25) is 0 Å². The highest BCUT2D eigenvalue weighted by molar-refractivity contribution is 6.06. The third-order valence-corrected chi connectivity index (χ3v) is 5.59. The largest absolute Gasteiger partial charge is 0.497 e. The Labute approximate surface area is 187 Å². The van der Waals surface area contributed by atoms with E-state index in [1.54, 1.807) is 31.5 Å². The summed E-state index contributed by atoms with van der Waals surface area (Å²) in [6, 6.07) is 24.4. The van der Waals surface area contributed by atoms with E-state index in [2.05, 4.69) is 0 Å². The molecule has 0 aliphatic rings. The highest BCUT2D eigenvalue weighted by atomic mass is 16.5. The molecule has 0 saturated heterocycles. The van der Waals surface area contributed by atoms with Gasteiger partial charge in [0.25, 0.3) is 11.5 Å². The Morgan fingerprint density at radius 2 is 1.53 bits per heavy atom. The van der Waals surface area contributed by atoms with Crippen LogP contribution in [0.1, 0.15) is 29.8 Å². The zero-order valence-electron chi connectivity index (χ0n) is 18.5. The van der Waals surface area contributed by atoms with Gasteiger partial charge < -0.3 is 9.64 Å². The van der Waals surface area contributed by atoms with Gasteiger partial charge in [-0.1, -0.05) is 48.5 Å². The predicted octanol–water partition coefficient (Wildman–Crippen LogP) is 5.05. The van der Waals surface area contributed by atoms with Gasteiger partial charge >= 0.3 is 0 Å². The molecule has 1 aromatic heterocycles. The van der Waals surface area contributed by atoms with Crippen molar-refractivity contribution in [3.63, 3.8) is 0 Å². The van der Waals surface area contributed by atoms with Gasteiger partial charge in [-0.05, 0) is 49.7 Å². The third kappa shape index (κ3) is 4.14. The Morgan fingerprint density at radius 1 is 0.906 bits per heavy atom. The third-order valence-electron chi connectivity index (χ3n) is 5.59. The van der Waals surface area contributed by atoms with E-state index in [0.717, 1.165) is 5.56 Å². The van der Waals surface area contributed by atoms with Crippen LogP contribution in [0.5, 0.6) is 5.75 Å². The van der Waals surface area contributed by atoms with Crippen LogP contribution in [-0.2, 0) is 6.54 Å². The lowest BCUT2D eigenvalue weighted by Crippen LogP contribution is -2.37. The summed E-state index contributed by atoms with van der Waals surface area (Å²) >= 11 is 0. The highest BCUT2D eigenvalue weighted by Gasteiger charge is 2.23. The maximum Gasteiger partial charge on any atom is 0.262 e. The van der Waals surface area contributed by atoms with E-state index in [9.17, 15) is 9.59 Å². The zero-order valence-corrected chi connectivity index (χ0v) is 18.5. The van der Waals surface area contributed by atoms with Gasteiger partial charge in [0.15, 0.2) is 0 Å². The fourth-order valence-corrected chi connectivity index (χ4v) is 3.82.